The van der Waals surface area contributed by atoms with Crippen molar-refractivity contribution in [3.8, 4) is 11.4 Å². The van der Waals surface area contributed by atoms with Crippen molar-refractivity contribution in [2.24, 2.45) is 9.98 Å². The Morgan fingerprint density at radius 3 is 2.56 bits per heavy atom. The fourth-order valence-corrected chi connectivity index (χ4v) is 2.11. The average Bonchev–Trinajstić information content (AvgIpc) is 2.61. The summed E-state index contributed by atoms with van der Waals surface area (Å²) in [4.78, 5) is 20.0. The van der Waals surface area contributed by atoms with Crippen LogP contribution in [0.4, 0.5) is 18.9 Å². The summed E-state index contributed by atoms with van der Waals surface area (Å²) < 4.78 is 41.7. The van der Waals surface area contributed by atoms with Crippen LogP contribution in [0.1, 0.15) is 6.92 Å². The molecule has 0 unspecified atom stereocenters. The van der Waals surface area contributed by atoms with E-state index in [0.29, 0.717) is 23.6 Å². The van der Waals surface area contributed by atoms with Gasteiger partial charge in [0, 0.05) is 36.1 Å². The first-order valence-electron chi connectivity index (χ1n) is 7.78. The molecule has 0 aliphatic heterocycles. The first-order chi connectivity index (χ1) is 12.8. The number of aliphatic imine (C=N–C) groups is 2. The average molecular weight is 378 g/mol. The summed E-state index contributed by atoms with van der Waals surface area (Å²) in [5.74, 6) is -0.358. The standard InChI is InChI=1S/C18H17F3N4O2/c1-3-23-11-14(22-2)12-24-13-8-9-25(17(26)10-13)15-4-6-16(7-5-15)27-18(19,20)21/h3-11,24H,2,12H2,1H3/b14-11-,23-3?. The predicted molar refractivity (Wildman–Crippen MR) is 99.0 cm³/mol. The van der Waals surface area contributed by atoms with Crippen molar-refractivity contribution in [2.45, 2.75) is 13.3 Å². The van der Waals surface area contributed by atoms with Crippen molar-refractivity contribution in [3.63, 3.8) is 0 Å². The molecule has 0 amide bonds. The molecule has 0 aliphatic carbocycles. The summed E-state index contributed by atoms with van der Waals surface area (Å²) in [5.41, 5.74) is 1.21. The number of aromatic nitrogens is 1. The number of hydrogen-bond donors (Lipinski definition) is 1. The molecule has 0 aliphatic rings. The molecule has 6 nitrogen and oxygen atoms in total. The molecular weight excluding hydrogens is 361 g/mol. The molecule has 0 radical (unpaired) electrons. The lowest BCUT2D eigenvalue weighted by Crippen LogP contribution is -2.18. The third kappa shape index (κ3) is 6.14. The first kappa shape index (κ1) is 20.0. The molecule has 1 aromatic heterocycles. The number of anilines is 1. The van der Waals surface area contributed by atoms with Gasteiger partial charge in [-0.25, -0.2) is 0 Å². The quantitative estimate of drug-likeness (QED) is 0.746. The maximum Gasteiger partial charge on any atom is 0.573 e. The van der Waals surface area contributed by atoms with E-state index >= 15 is 0 Å². The topological polar surface area (TPSA) is 68.0 Å². The van der Waals surface area contributed by atoms with E-state index in [2.05, 4.69) is 26.8 Å². The molecule has 2 aromatic rings. The van der Waals surface area contributed by atoms with Gasteiger partial charge in [0.05, 0.1) is 12.2 Å². The molecule has 0 spiro atoms. The zero-order valence-corrected chi connectivity index (χ0v) is 14.4. The van der Waals surface area contributed by atoms with E-state index in [-0.39, 0.29) is 11.3 Å². The molecule has 0 bridgehead atoms. The number of benzene rings is 1. The Kier molecular flexibility index (Phi) is 6.53. The zero-order valence-electron chi connectivity index (χ0n) is 14.4. The second-order valence-corrected chi connectivity index (χ2v) is 5.20. The van der Waals surface area contributed by atoms with E-state index in [4.69, 9.17) is 0 Å². The Morgan fingerprint density at radius 1 is 1.30 bits per heavy atom. The molecule has 1 heterocycles. The minimum Gasteiger partial charge on any atom is -0.406 e. The molecule has 0 fully saturated rings. The second-order valence-electron chi connectivity index (χ2n) is 5.20. The third-order valence-corrected chi connectivity index (χ3v) is 3.32. The van der Waals surface area contributed by atoms with Crippen LogP contribution in [0, 0.1) is 0 Å². The van der Waals surface area contributed by atoms with Gasteiger partial charge in [0.1, 0.15) is 5.75 Å². The smallest absolute Gasteiger partial charge is 0.406 e. The van der Waals surface area contributed by atoms with Crippen molar-refractivity contribution in [3.05, 3.63) is 64.8 Å². The van der Waals surface area contributed by atoms with E-state index in [1.54, 1.807) is 25.4 Å². The summed E-state index contributed by atoms with van der Waals surface area (Å²) in [6.45, 7) is 5.55. The maximum absolute atomic E-state index is 12.3. The van der Waals surface area contributed by atoms with Gasteiger partial charge in [-0.1, -0.05) is 0 Å². The monoisotopic (exact) mass is 378 g/mol. The SMILES string of the molecule is C=N/C(=C\N=CC)CNc1ccn(-c2ccc(OC(F)(F)F)cc2)c(=O)c1. The number of ether oxygens (including phenoxy) is 1. The molecular formula is C18H17F3N4O2. The van der Waals surface area contributed by atoms with E-state index < -0.39 is 6.36 Å². The largest absolute Gasteiger partial charge is 0.573 e. The lowest BCUT2D eigenvalue weighted by molar-refractivity contribution is -0.274. The third-order valence-electron chi connectivity index (χ3n) is 3.32. The molecule has 142 valence electrons. The van der Waals surface area contributed by atoms with Crippen LogP contribution >= 0.6 is 0 Å². The van der Waals surface area contributed by atoms with Crippen molar-refractivity contribution < 1.29 is 17.9 Å². The summed E-state index contributed by atoms with van der Waals surface area (Å²) >= 11 is 0. The van der Waals surface area contributed by atoms with E-state index in [1.165, 1.54) is 29.0 Å². The summed E-state index contributed by atoms with van der Waals surface area (Å²) in [5, 5.41) is 3.02. The van der Waals surface area contributed by atoms with Gasteiger partial charge in [-0.05, 0) is 44.0 Å². The summed E-state index contributed by atoms with van der Waals surface area (Å²) in [6, 6.07) is 8.03. The van der Waals surface area contributed by atoms with Crippen LogP contribution in [0.3, 0.4) is 0 Å². The number of halogens is 3. The fraction of sp³-hybridized carbons (Fsp3) is 0.167. The Bertz CT molecular complexity index is 900. The van der Waals surface area contributed by atoms with Crippen molar-refractivity contribution in [1.82, 2.24) is 4.57 Å². The van der Waals surface area contributed by atoms with Gasteiger partial charge in [-0.2, -0.15) is 0 Å². The highest BCUT2D eigenvalue weighted by Gasteiger charge is 2.30. The van der Waals surface area contributed by atoms with Gasteiger partial charge >= 0.3 is 6.36 Å². The van der Waals surface area contributed by atoms with Gasteiger partial charge in [-0.15, -0.1) is 13.2 Å². The number of nitrogens with one attached hydrogen (secondary N) is 1. The number of nitrogens with zero attached hydrogens (tertiary/aromatic N) is 3. The summed E-state index contributed by atoms with van der Waals surface area (Å²) in [7, 11) is 0. The van der Waals surface area contributed by atoms with E-state index in [1.807, 2.05) is 0 Å². The van der Waals surface area contributed by atoms with Gasteiger partial charge in [0.25, 0.3) is 5.56 Å². The molecule has 0 saturated heterocycles. The minimum atomic E-state index is -4.76. The molecule has 1 N–H and O–H groups in total. The maximum atomic E-state index is 12.3. The molecule has 2 rings (SSSR count). The van der Waals surface area contributed by atoms with Crippen LogP contribution in [0.15, 0.2) is 69.3 Å². The molecule has 9 heteroatoms. The van der Waals surface area contributed by atoms with E-state index in [0.717, 1.165) is 12.1 Å². The van der Waals surface area contributed by atoms with Crippen LogP contribution in [0.2, 0.25) is 0 Å². The number of rotatable bonds is 7. The Hall–Kier alpha value is -3.36. The lowest BCUT2D eigenvalue weighted by Gasteiger charge is -2.11. The summed E-state index contributed by atoms with van der Waals surface area (Å²) in [6.07, 6.45) is -0.0932. The van der Waals surface area contributed by atoms with Crippen LogP contribution in [0.5, 0.6) is 5.75 Å². The van der Waals surface area contributed by atoms with Crippen molar-refractivity contribution >= 4 is 18.6 Å². The number of hydrogen-bond acceptors (Lipinski definition) is 5. The van der Waals surface area contributed by atoms with Crippen LogP contribution in [-0.2, 0) is 0 Å². The number of pyridine rings is 1. The molecule has 1 aromatic carbocycles. The molecule has 27 heavy (non-hydrogen) atoms. The Balaban J connectivity index is 2.12. The molecule has 0 saturated carbocycles. The highest BCUT2D eigenvalue weighted by atomic mass is 19.4. The first-order valence-corrected chi connectivity index (χ1v) is 7.78. The Labute approximate surface area is 153 Å². The normalized spacial score (nSPS) is 12.2. The Morgan fingerprint density at radius 2 is 2.00 bits per heavy atom. The lowest BCUT2D eigenvalue weighted by atomic mass is 10.3. The van der Waals surface area contributed by atoms with Crippen molar-refractivity contribution in [1.29, 1.82) is 0 Å². The van der Waals surface area contributed by atoms with E-state index in [9.17, 15) is 18.0 Å². The molecule has 0 atom stereocenters. The highest BCUT2D eigenvalue weighted by Crippen LogP contribution is 2.23. The minimum absolute atomic E-state index is 0.327. The van der Waals surface area contributed by atoms with Crippen LogP contribution in [-0.4, -0.2) is 30.4 Å². The zero-order chi connectivity index (χ0) is 19.9. The van der Waals surface area contributed by atoms with Crippen LogP contribution in [0.25, 0.3) is 5.69 Å². The van der Waals surface area contributed by atoms with Crippen LogP contribution < -0.4 is 15.6 Å². The van der Waals surface area contributed by atoms with Gasteiger partial charge in [0.15, 0.2) is 0 Å². The van der Waals surface area contributed by atoms with Gasteiger partial charge in [0.2, 0.25) is 0 Å². The predicted octanol–water partition coefficient (Wildman–Crippen LogP) is 3.78. The fourth-order valence-electron chi connectivity index (χ4n) is 2.11. The number of alkyl halides is 3. The van der Waals surface area contributed by atoms with Crippen molar-refractivity contribution in [2.75, 3.05) is 11.9 Å². The van der Waals surface area contributed by atoms with Gasteiger partial charge < -0.3 is 10.1 Å². The van der Waals surface area contributed by atoms with Gasteiger partial charge in [-0.3, -0.25) is 19.3 Å². The highest BCUT2D eigenvalue weighted by molar-refractivity contribution is 5.54. The second kappa shape index (κ2) is 8.84.